The predicted octanol–water partition coefficient (Wildman–Crippen LogP) is 0.000900. The van der Waals surface area contributed by atoms with Gasteiger partial charge in [0, 0.05) is 25.7 Å². The zero-order valence-corrected chi connectivity index (χ0v) is 9.90. The summed E-state index contributed by atoms with van der Waals surface area (Å²) in [6.45, 7) is 0.0753. The van der Waals surface area contributed by atoms with Gasteiger partial charge in [-0.2, -0.15) is 0 Å². The Hall–Kier alpha value is -2.37. The molecule has 0 unspecified atom stereocenters. The summed E-state index contributed by atoms with van der Waals surface area (Å²) in [6.07, 6.45) is 0.0947. The van der Waals surface area contributed by atoms with Gasteiger partial charge in [-0.15, -0.1) is 0 Å². The van der Waals surface area contributed by atoms with E-state index >= 15 is 0 Å². The van der Waals surface area contributed by atoms with Crippen molar-refractivity contribution in [3.63, 3.8) is 0 Å². The molecule has 1 aromatic carbocycles. The summed E-state index contributed by atoms with van der Waals surface area (Å²) in [7, 11) is 1.51. The van der Waals surface area contributed by atoms with Crippen molar-refractivity contribution in [1.82, 2.24) is 10.2 Å². The van der Waals surface area contributed by atoms with Crippen LogP contribution in [-0.2, 0) is 4.79 Å². The average molecular weight is 247 g/mol. The average Bonchev–Trinajstić information content (AvgIpc) is 2.59. The molecule has 0 radical (unpaired) electrons. The monoisotopic (exact) mass is 247 g/mol. The molecule has 1 heterocycles. The molecular weight excluding hydrogens is 234 g/mol. The van der Waals surface area contributed by atoms with E-state index in [1.165, 1.54) is 19.2 Å². The third-order valence-corrected chi connectivity index (χ3v) is 2.84. The summed E-state index contributed by atoms with van der Waals surface area (Å²) >= 11 is 0. The second-order valence-electron chi connectivity index (χ2n) is 3.99. The van der Waals surface area contributed by atoms with E-state index in [0.29, 0.717) is 16.8 Å². The Morgan fingerprint density at radius 2 is 1.94 bits per heavy atom. The highest BCUT2D eigenvalue weighted by atomic mass is 16.2. The molecule has 0 atom stereocenters. The number of imide groups is 1. The summed E-state index contributed by atoms with van der Waals surface area (Å²) in [5.74, 6) is -0.990. The Morgan fingerprint density at radius 3 is 2.61 bits per heavy atom. The van der Waals surface area contributed by atoms with Crippen LogP contribution in [0.4, 0.5) is 5.69 Å². The molecule has 0 bridgehead atoms. The van der Waals surface area contributed by atoms with E-state index < -0.39 is 5.91 Å². The molecule has 1 aliphatic rings. The van der Waals surface area contributed by atoms with Crippen molar-refractivity contribution in [2.45, 2.75) is 6.42 Å². The van der Waals surface area contributed by atoms with Crippen LogP contribution in [-0.4, -0.2) is 36.2 Å². The number of carbonyl (C=O) groups is 3. The molecule has 1 aliphatic heterocycles. The lowest BCUT2D eigenvalue weighted by Gasteiger charge is -2.12. The third kappa shape index (κ3) is 1.92. The van der Waals surface area contributed by atoms with Crippen LogP contribution in [0.25, 0.3) is 0 Å². The summed E-state index contributed by atoms with van der Waals surface area (Å²) in [4.78, 5) is 36.1. The fraction of sp³-hybridized carbons (Fsp3) is 0.250. The number of amides is 3. The van der Waals surface area contributed by atoms with E-state index in [2.05, 4.69) is 5.32 Å². The van der Waals surface area contributed by atoms with Crippen LogP contribution >= 0.6 is 0 Å². The molecule has 0 aliphatic carbocycles. The first-order valence-electron chi connectivity index (χ1n) is 5.51. The number of hydrogen-bond acceptors (Lipinski definition) is 4. The maximum atomic E-state index is 12.0. The van der Waals surface area contributed by atoms with Crippen LogP contribution in [0.5, 0.6) is 0 Å². The molecule has 94 valence electrons. The molecule has 6 nitrogen and oxygen atoms in total. The number of rotatable bonds is 3. The topological polar surface area (TPSA) is 92.5 Å². The Labute approximate surface area is 104 Å². The highest BCUT2D eigenvalue weighted by Gasteiger charge is 2.35. The normalized spacial score (nSPS) is 13.7. The van der Waals surface area contributed by atoms with Crippen LogP contribution < -0.4 is 11.1 Å². The maximum absolute atomic E-state index is 12.0. The van der Waals surface area contributed by atoms with E-state index in [0.717, 1.165) is 4.90 Å². The zero-order chi connectivity index (χ0) is 13.3. The minimum Gasteiger partial charge on any atom is -0.399 e. The SMILES string of the molecule is CNC(=O)CCN1C(=O)c2ccc(N)cc2C1=O. The second-order valence-corrected chi connectivity index (χ2v) is 3.99. The molecule has 3 amide bonds. The lowest BCUT2D eigenvalue weighted by atomic mass is 10.1. The molecule has 2 rings (SSSR count). The van der Waals surface area contributed by atoms with Crippen molar-refractivity contribution in [3.05, 3.63) is 29.3 Å². The van der Waals surface area contributed by atoms with Crippen molar-refractivity contribution < 1.29 is 14.4 Å². The molecule has 0 saturated carbocycles. The van der Waals surface area contributed by atoms with Gasteiger partial charge in [0.2, 0.25) is 5.91 Å². The number of anilines is 1. The number of hydrogen-bond donors (Lipinski definition) is 2. The summed E-state index contributed by atoms with van der Waals surface area (Å²) in [5, 5.41) is 2.44. The van der Waals surface area contributed by atoms with Gasteiger partial charge >= 0.3 is 0 Å². The number of nitrogens with zero attached hydrogens (tertiary/aromatic N) is 1. The number of fused-ring (bicyclic) bond motifs is 1. The fourth-order valence-corrected chi connectivity index (χ4v) is 1.85. The lowest BCUT2D eigenvalue weighted by molar-refractivity contribution is -0.120. The number of nitrogens with two attached hydrogens (primary N) is 1. The first-order chi connectivity index (χ1) is 8.54. The molecular formula is C12H13N3O3. The molecule has 18 heavy (non-hydrogen) atoms. The number of benzene rings is 1. The minimum atomic E-state index is -0.397. The summed E-state index contributed by atoms with van der Waals surface area (Å²) in [6, 6.07) is 4.59. The van der Waals surface area contributed by atoms with E-state index in [-0.39, 0.29) is 24.8 Å². The van der Waals surface area contributed by atoms with E-state index in [1.807, 2.05) is 0 Å². The van der Waals surface area contributed by atoms with Gasteiger partial charge in [0.05, 0.1) is 11.1 Å². The minimum absolute atomic E-state index is 0.0753. The van der Waals surface area contributed by atoms with Crippen LogP contribution in [0, 0.1) is 0 Å². The first kappa shape index (κ1) is 12.1. The first-order valence-corrected chi connectivity index (χ1v) is 5.51. The molecule has 6 heteroatoms. The van der Waals surface area contributed by atoms with Crippen molar-refractivity contribution in [3.8, 4) is 0 Å². The van der Waals surface area contributed by atoms with Crippen LogP contribution in [0.3, 0.4) is 0 Å². The van der Waals surface area contributed by atoms with Gasteiger partial charge in [-0.05, 0) is 18.2 Å². The van der Waals surface area contributed by atoms with Gasteiger partial charge in [-0.3, -0.25) is 19.3 Å². The van der Waals surface area contributed by atoms with Crippen molar-refractivity contribution >= 4 is 23.4 Å². The molecule has 0 fully saturated rings. The van der Waals surface area contributed by atoms with E-state index in [1.54, 1.807) is 6.07 Å². The Bertz CT molecular complexity index is 539. The van der Waals surface area contributed by atoms with Gasteiger partial charge in [-0.1, -0.05) is 0 Å². The van der Waals surface area contributed by atoms with Crippen molar-refractivity contribution in [1.29, 1.82) is 0 Å². The maximum Gasteiger partial charge on any atom is 0.261 e. The van der Waals surface area contributed by atoms with Crippen molar-refractivity contribution in [2.75, 3.05) is 19.3 Å². The van der Waals surface area contributed by atoms with Gasteiger partial charge in [0.1, 0.15) is 0 Å². The van der Waals surface area contributed by atoms with Crippen molar-refractivity contribution in [2.24, 2.45) is 0 Å². The molecule has 0 saturated heterocycles. The zero-order valence-electron chi connectivity index (χ0n) is 9.90. The van der Waals surface area contributed by atoms with Crippen LogP contribution in [0.2, 0.25) is 0 Å². The molecule has 1 aromatic rings. The van der Waals surface area contributed by atoms with Crippen LogP contribution in [0.15, 0.2) is 18.2 Å². The van der Waals surface area contributed by atoms with Gasteiger partial charge in [-0.25, -0.2) is 0 Å². The smallest absolute Gasteiger partial charge is 0.261 e. The molecule has 0 aromatic heterocycles. The quantitative estimate of drug-likeness (QED) is 0.581. The standard InChI is InChI=1S/C12H13N3O3/c1-14-10(16)4-5-15-11(17)8-3-2-7(13)6-9(8)12(15)18/h2-3,6H,4-5,13H2,1H3,(H,14,16). The van der Waals surface area contributed by atoms with Gasteiger partial charge in [0.15, 0.2) is 0 Å². The molecule has 3 N–H and O–H groups in total. The second kappa shape index (κ2) is 4.48. The van der Waals surface area contributed by atoms with Crippen LogP contribution in [0.1, 0.15) is 27.1 Å². The highest BCUT2D eigenvalue weighted by Crippen LogP contribution is 2.24. The summed E-state index contributed by atoms with van der Waals surface area (Å²) in [5.41, 5.74) is 6.66. The third-order valence-electron chi connectivity index (χ3n) is 2.84. The number of carbonyl (C=O) groups excluding carboxylic acids is 3. The number of nitrogen functional groups attached to an aromatic ring is 1. The van der Waals surface area contributed by atoms with E-state index in [9.17, 15) is 14.4 Å². The Morgan fingerprint density at radius 1 is 1.28 bits per heavy atom. The largest absolute Gasteiger partial charge is 0.399 e. The fourth-order valence-electron chi connectivity index (χ4n) is 1.85. The highest BCUT2D eigenvalue weighted by molar-refractivity contribution is 6.21. The Kier molecular flexibility index (Phi) is 3.01. The van der Waals surface area contributed by atoms with Gasteiger partial charge in [0.25, 0.3) is 11.8 Å². The molecule has 0 spiro atoms. The Balaban J connectivity index is 2.21. The van der Waals surface area contributed by atoms with Gasteiger partial charge < -0.3 is 11.1 Å². The number of nitrogens with one attached hydrogen (secondary N) is 1. The summed E-state index contributed by atoms with van der Waals surface area (Å²) < 4.78 is 0. The lowest BCUT2D eigenvalue weighted by Crippen LogP contribution is -2.33. The predicted molar refractivity (Wildman–Crippen MR) is 64.9 cm³/mol. The van der Waals surface area contributed by atoms with E-state index in [4.69, 9.17) is 5.73 Å².